The lowest BCUT2D eigenvalue weighted by Crippen LogP contribution is -2.52. The number of rotatable bonds is 10. The fraction of sp³-hybridized carbons (Fsp3) is 0.421. The predicted octanol–water partition coefficient (Wildman–Crippen LogP) is 0.361. The Morgan fingerprint density at radius 3 is 2.21 bits per heavy atom. The molecule has 0 aliphatic carbocycles. The van der Waals surface area contributed by atoms with E-state index in [1.54, 1.807) is 26.0 Å². The van der Waals surface area contributed by atoms with Crippen LogP contribution in [-0.4, -0.2) is 48.9 Å². The zero-order valence-corrected chi connectivity index (χ0v) is 16.5. The first kappa shape index (κ1) is 23.6. The summed E-state index contributed by atoms with van der Waals surface area (Å²) in [5.41, 5.74) is 5.64. The van der Waals surface area contributed by atoms with E-state index in [-0.39, 0.29) is 24.5 Å². The van der Waals surface area contributed by atoms with E-state index < -0.39 is 48.0 Å². The fourth-order valence-electron chi connectivity index (χ4n) is 2.55. The molecule has 1 rings (SSSR count). The van der Waals surface area contributed by atoms with Gasteiger partial charge in [0.1, 0.15) is 6.04 Å². The Balaban J connectivity index is 3.17. The van der Waals surface area contributed by atoms with Gasteiger partial charge in [0.05, 0.1) is 36.8 Å². The van der Waals surface area contributed by atoms with Crippen molar-refractivity contribution in [2.75, 3.05) is 18.5 Å². The predicted molar refractivity (Wildman–Crippen MR) is 103 cm³/mol. The summed E-state index contributed by atoms with van der Waals surface area (Å²) in [5.74, 6) is -5.19. The Morgan fingerprint density at radius 2 is 1.66 bits per heavy atom. The number of esters is 2. The maximum atomic E-state index is 12.7. The maximum Gasteiger partial charge on any atom is 0.312 e. The minimum absolute atomic E-state index is 0.00293. The molecule has 0 fully saturated rings. The highest BCUT2D eigenvalue weighted by Crippen LogP contribution is 2.18. The monoisotopic (exact) mass is 407 g/mol. The number of primary amides is 1. The van der Waals surface area contributed by atoms with Gasteiger partial charge in [0.2, 0.25) is 11.8 Å². The van der Waals surface area contributed by atoms with Gasteiger partial charge in [-0.25, -0.2) is 0 Å². The molecule has 0 heterocycles. The SMILES string of the molecule is CCOC(=O)C[C@@H](C(=O)OCC)[C@H](NC(=O)c1ccccc1NC(C)=O)C(N)=O. The molecule has 0 bridgehead atoms. The number of nitrogens with one attached hydrogen (secondary N) is 2. The zero-order valence-electron chi connectivity index (χ0n) is 16.5. The van der Waals surface area contributed by atoms with Gasteiger partial charge in [0.15, 0.2) is 0 Å². The summed E-state index contributed by atoms with van der Waals surface area (Å²) >= 11 is 0. The van der Waals surface area contributed by atoms with Gasteiger partial charge in [0.25, 0.3) is 5.91 Å². The third kappa shape index (κ3) is 7.24. The average Bonchev–Trinajstić information content (AvgIpc) is 2.64. The largest absolute Gasteiger partial charge is 0.466 e. The van der Waals surface area contributed by atoms with Gasteiger partial charge in [-0.2, -0.15) is 0 Å². The fourth-order valence-corrected chi connectivity index (χ4v) is 2.55. The summed E-state index contributed by atoms with van der Waals surface area (Å²) in [6, 6.07) is 4.55. The van der Waals surface area contributed by atoms with Crippen LogP contribution in [0.5, 0.6) is 0 Å². The Morgan fingerprint density at radius 1 is 1.03 bits per heavy atom. The molecule has 3 amide bonds. The molecule has 29 heavy (non-hydrogen) atoms. The van der Waals surface area contributed by atoms with Crippen LogP contribution in [0.1, 0.15) is 37.6 Å². The highest BCUT2D eigenvalue weighted by atomic mass is 16.5. The Hall–Kier alpha value is -3.43. The van der Waals surface area contributed by atoms with Crippen molar-refractivity contribution >= 4 is 35.3 Å². The van der Waals surface area contributed by atoms with Crippen LogP contribution in [0.2, 0.25) is 0 Å². The van der Waals surface area contributed by atoms with E-state index in [4.69, 9.17) is 15.2 Å². The van der Waals surface area contributed by atoms with Gasteiger partial charge >= 0.3 is 11.9 Å². The summed E-state index contributed by atoms with van der Waals surface area (Å²) in [4.78, 5) is 60.2. The first-order valence-electron chi connectivity index (χ1n) is 9.00. The number of carbonyl (C=O) groups excluding carboxylic acids is 5. The van der Waals surface area contributed by atoms with Gasteiger partial charge in [-0.3, -0.25) is 24.0 Å². The molecule has 1 aromatic carbocycles. The molecule has 0 saturated carbocycles. The molecule has 158 valence electrons. The second-order valence-electron chi connectivity index (χ2n) is 5.95. The van der Waals surface area contributed by atoms with Crippen molar-refractivity contribution in [1.29, 1.82) is 0 Å². The second-order valence-corrected chi connectivity index (χ2v) is 5.95. The minimum Gasteiger partial charge on any atom is -0.466 e. The third-order valence-corrected chi connectivity index (χ3v) is 3.76. The standard InChI is InChI=1S/C19H25N3O7/c1-4-28-15(24)10-13(19(27)29-5-2)16(17(20)25)22-18(26)12-8-6-7-9-14(12)21-11(3)23/h6-9,13,16H,4-5,10H2,1-3H3,(H2,20,25)(H,21,23)(H,22,26)/t13-,16+/m1/s1. The molecule has 0 aromatic heterocycles. The summed E-state index contributed by atoms with van der Waals surface area (Å²) in [5, 5.41) is 4.86. The van der Waals surface area contributed by atoms with Crippen LogP contribution in [0.3, 0.4) is 0 Å². The number of para-hydroxylation sites is 1. The molecule has 10 heteroatoms. The van der Waals surface area contributed by atoms with Crippen molar-refractivity contribution in [3.8, 4) is 0 Å². The van der Waals surface area contributed by atoms with Crippen molar-refractivity contribution in [2.45, 2.75) is 33.2 Å². The molecule has 4 N–H and O–H groups in total. The highest BCUT2D eigenvalue weighted by molar-refractivity contribution is 6.05. The lowest BCUT2D eigenvalue weighted by Gasteiger charge is -2.24. The number of hydrogen-bond donors (Lipinski definition) is 3. The van der Waals surface area contributed by atoms with Gasteiger partial charge in [-0.15, -0.1) is 0 Å². The number of carbonyl (C=O) groups is 5. The maximum absolute atomic E-state index is 12.7. The summed E-state index contributed by atoms with van der Waals surface area (Å²) in [6.45, 7) is 4.50. The van der Waals surface area contributed by atoms with Crippen LogP contribution in [0.4, 0.5) is 5.69 Å². The molecule has 0 spiro atoms. The number of anilines is 1. The summed E-state index contributed by atoms with van der Waals surface area (Å²) in [6.07, 6.45) is -0.506. The molecule has 1 aromatic rings. The van der Waals surface area contributed by atoms with Crippen LogP contribution in [-0.2, 0) is 28.7 Å². The van der Waals surface area contributed by atoms with Crippen LogP contribution < -0.4 is 16.4 Å². The van der Waals surface area contributed by atoms with E-state index in [2.05, 4.69) is 10.6 Å². The van der Waals surface area contributed by atoms with E-state index in [0.717, 1.165) is 0 Å². The van der Waals surface area contributed by atoms with Crippen molar-refractivity contribution in [3.63, 3.8) is 0 Å². The van der Waals surface area contributed by atoms with Crippen LogP contribution >= 0.6 is 0 Å². The van der Waals surface area contributed by atoms with Crippen LogP contribution in [0.25, 0.3) is 0 Å². The Kier molecular flexibility index (Phi) is 9.30. The number of benzene rings is 1. The van der Waals surface area contributed by atoms with Crippen molar-refractivity contribution in [1.82, 2.24) is 5.32 Å². The van der Waals surface area contributed by atoms with Crippen molar-refractivity contribution < 1.29 is 33.4 Å². The lowest BCUT2D eigenvalue weighted by molar-refractivity contribution is -0.156. The first-order valence-corrected chi connectivity index (χ1v) is 9.00. The van der Waals surface area contributed by atoms with Crippen LogP contribution in [0.15, 0.2) is 24.3 Å². The Labute approximate surface area is 168 Å². The van der Waals surface area contributed by atoms with E-state index in [0.29, 0.717) is 0 Å². The summed E-state index contributed by atoms with van der Waals surface area (Å²) < 4.78 is 9.74. The number of hydrogen-bond acceptors (Lipinski definition) is 7. The molecule has 0 radical (unpaired) electrons. The van der Waals surface area contributed by atoms with E-state index >= 15 is 0 Å². The van der Waals surface area contributed by atoms with Gasteiger partial charge in [0, 0.05) is 6.92 Å². The molecule has 0 aliphatic rings. The van der Waals surface area contributed by atoms with Gasteiger partial charge < -0.3 is 25.8 Å². The molecule has 0 aliphatic heterocycles. The molecular weight excluding hydrogens is 382 g/mol. The Bertz CT molecular complexity index is 779. The number of ether oxygens (including phenoxy) is 2. The molecule has 0 unspecified atom stereocenters. The first-order chi connectivity index (χ1) is 13.7. The topological polar surface area (TPSA) is 154 Å². The second kappa shape index (κ2) is 11.4. The minimum atomic E-state index is -1.53. The normalized spacial score (nSPS) is 12.2. The zero-order chi connectivity index (χ0) is 22.0. The molecule has 2 atom stereocenters. The summed E-state index contributed by atoms with van der Waals surface area (Å²) in [7, 11) is 0. The number of nitrogens with two attached hydrogens (primary N) is 1. The average molecular weight is 407 g/mol. The van der Waals surface area contributed by atoms with Gasteiger partial charge in [-0.1, -0.05) is 12.1 Å². The molecular formula is C19H25N3O7. The third-order valence-electron chi connectivity index (χ3n) is 3.76. The highest BCUT2D eigenvalue weighted by Gasteiger charge is 2.37. The van der Waals surface area contributed by atoms with E-state index in [1.165, 1.54) is 19.1 Å². The van der Waals surface area contributed by atoms with Gasteiger partial charge in [-0.05, 0) is 26.0 Å². The number of amides is 3. The van der Waals surface area contributed by atoms with Crippen LogP contribution in [0, 0.1) is 5.92 Å². The van der Waals surface area contributed by atoms with E-state index in [9.17, 15) is 24.0 Å². The molecule has 0 saturated heterocycles. The lowest BCUT2D eigenvalue weighted by atomic mass is 9.94. The van der Waals surface area contributed by atoms with Crippen molar-refractivity contribution in [2.24, 2.45) is 11.7 Å². The quantitative estimate of drug-likeness (QED) is 0.473. The van der Waals surface area contributed by atoms with E-state index in [1.807, 2.05) is 0 Å². The smallest absolute Gasteiger partial charge is 0.312 e. The molecule has 10 nitrogen and oxygen atoms in total. The van der Waals surface area contributed by atoms with Crippen molar-refractivity contribution in [3.05, 3.63) is 29.8 Å².